The predicted molar refractivity (Wildman–Crippen MR) is 189 cm³/mol. The highest BCUT2D eigenvalue weighted by atomic mass is 35.5. The first-order valence-corrected chi connectivity index (χ1v) is 17.3. The molecule has 6 atom stereocenters. The van der Waals surface area contributed by atoms with Gasteiger partial charge in [0.25, 0.3) is 0 Å². The second-order valence-electron chi connectivity index (χ2n) is 15.0. The number of halogens is 1. The van der Waals surface area contributed by atoms with Gasteiger partial charge in [-0.15, -0.1) is 0 Å². The van der Waals surface area contributed by atoms with Crippen LogP contribution in [0, 0.1) is 16.7 Å². The highest BCUT2D eigenvalue weighted by molar-refractivity contribution is 6.32. The van der Waals surface area contributed by atoms with Crippen LogP contribution in [0.4, 0.5) is 0 Å². The van der Waals surface area contributed by atoms with Gasteiger partial charge in [-0.05, 0) is 60.6 Å². The van der Waals surface area contributed by atoms with Crippen LogP contribution >= 0.6 is 11.6 Å². The van der Waals surface area contributed by atoms with Crippen LogP contribution in [0.1, 0.15) is 77.2 Å². The maximum absolute atomic E-state index is 13.8. The summed E-state index contributed by atoms with van der Waals surface area (Å²) in [6, 6.07) is 10.7. The lowest BCUT2D eigenvalue weighted by atomic mass is 9.86. The minimum atomic E-state index is -1.12. The van der Waals surface area contributed by atoms with Gasteiger partial charge in [0.2, 0.25) is 17.7 Å². The van der Waals surface area contributed by atoms with Crippen molar-refractivity contribution in [3.63, 3.8) is 0 Å². The fourth-order valence-electron chi connectivity index (χ4n) is 5.90. The van der Waals surface area contributed by atoms with Crippen LogP contribution in [0.2, 0.25) is 5.02 Å². The topological polar surface area (TPSA) is 156 Å². The van der Waals surface area contributed by atoms with Gasteiger partial charge >= 0.3 is 5.97 Å². The number of methoxy groups -OCH3 is 1. The van der Waals surface area contributed by atoms with Crippen molar-refractivity contribution in [3.8, 4) is 5.75 Å². The zero-order valence-electron chi connectivity index (χ0n) is 29.9. The zero-order chi connectivity index (χ0) is 36.8. The highest BCUT2D eigenvalue weighted by Crippen LogP contribution is 2.45. The van der Waals surface area contributed by atoms with Crippen LogP contribution in [0.15, 0.2) is 54.6 Å². The second kappa shape index (κ2) is 16.4. The van der Waals surface area contributed by atoms with Gasteiger partial charge in [0, 0.05) is 25.3 Å². The normalized spacial score (nSPS) is 26.1. The molecule has 0 aliphatic carbocycles. The van der Waals surface area contributed by atoms with E-state index in [9.17, 15) is 24.3 Å². The molecule has 2 heterocycles. The largest absolute Gasteiger partial charge is 0.495 e. The number of epoxide rings is 1. The number of aliphatic hydroxyl groups is 1. The fourth-order valence-corrected chi connectivity index (χ4v) is 6.18. The van der Waals surface area contributed by atoms with Crippen molar-refractivity contribution in [2.75, 3.05) is 13.7 Å². The van der Waals surface area contributed by atoms with E-state index in [1.807, 2.05) is 52.0 Å². The molecule has 272 valence electrons. The number of ether oxygens (including phenoxy) is 3. The first kappa shape index (κ1) is 38.9. The smallest absolute Gasteiger partial charge is 0.328 e. The lowest BCUT2D eigenvalue weighted by molar-refractivity contribution is -0.157. The zero-order valence-corrected chi connectivity index (χ0v) is 30.6. The summed E-state index contributed by atoms with van der Waals surface area (Å²) in [6.45, 7) is 11.1. The lowest BCUT2D eigenvalue weighted by Gasteiger charge is -2.32. The van der Waals surface area contributed by atoms with Crippen molar-refractivity contribution in [1.82, 2.24) is 16.0 Å². The Morgan fingerprint density at radius 2 is 1.70 bits per heavy atom. The Morgan fingerprint density at radius 1 is 1.02 bits per heavy atom. The van der Waals surface area contributed by atoms with Crippen LogP contribution in [0.25, 0.3) is 0 Å². The summed E-state index contributed by atoms with van der Waals surface area (Å²) in [5.41, 5.74) is 0.974. The molecule has 0 unspecified atom stereocenters. The van der Waals surface area contributed by atoms with Crippen molar-refractivity contribution in [2.45, 2.75) is 97.8 Å². The number of nitrogens with one attached hydrogen (secondary N) is 3. The molecule has 0 aromatic heterocycles. The lowest BCUT2D eigenvalue weighted by Crippen LogP contribution is -2.54. The molecular weight excluding hydrogens is 662 g/mol. The number of amides is 3. The minimum Gasteiger partial charge on any atom is -0.495 e. The second-order valence-corrected chi connectivity index (χ2v) is 15.4. The van der Waals surface area contributed by atoms with E-state index in [1.165, 1.54) is 13.2 Å². The summed E-state index contributed by atoms with van der Waals surface area (Å²) >= 11 is 6.34. The molecule has 2 aliphatic rings. The standard InChI is InChI=1S/C38H50ClN3O8/c1-22(32-33(50-32)25-14-11-23(20-43)12-15-25)29-9-8-10-31(44)41-27(18-24-13-16-30(48-7)26(39)17-24)34(45)40-21-38(5,6)36(47)42-28(35(46)49-29)19-37(2,3)4/h8,10-17,22,27-29,32-33,43H,9,18-21H2,1-7H3,(H,40,45)(H,41,44)(H,42,47)/b10-8-/t22-,27+,28-,29-,32+,33+/m0/s1. The van der Waals surface area contributed by atoms with Gasteiger partial charge in [-0.1, -0.05) is 75.7 Å². The third-order valence-electron chi connectivity index (χ3n) is 9.04. The molecule has 0 saturated carbocycles. The number of carbonyl (C=O) groups excluding carboxylic acids is 4. The molecule has 12 heteroatoms. The Balaban J connectivity index is 1.62. The number of carbonyl (C=O) groups is 4. The molecule has 2 aliphatic heterocycles. The van der Waals surface area contributed by atoms with Gasteiger partial charge in [0.05, 0.1) is 30.3 Å². The van der Waals surface area contributed by atoms with Crippen LogP contribution in [0.3, 0.4) is 0 Å². The molecule has 3 amide bonds. The van der Waals surface area contributed by atoms with E-state index in [-0.39, 0.29) is 49.5 Å². The van der Waals surface area contributed by atoms with E-state index in [0.29, 0.717) is 22.8 Å². The average Bonchev–Trinajstić information content (AvgIpc) is 3.86. The summed E-state index contributed by atoms with van der Waals surface area (Å²) in [5, 5.41) is 18.3. The summed E-state index contributed by atoms with van der Waals surface area (Å²) in [5.74, 6) is -1.81. The van der Waals surface area contributed by atoms with Crippen LogP contribution in [-0.2, 0) is 41.7 Å². The third kappa shape index (κ3) is 10.5. The number of esters is 1. The van der Waals surface area contributed by atoms with Crippen LogP contribution in [-0.4, -0.2) is 66.7 Å². The summed E-state index contributed by atoms with van der Waals surface area (Å²) in [7, 11) is 1.51. The van der Waals surface area contributed by atoms with E-state index in [2.05, 4.69) is 16.0 Å². The molecule has 2 aromatic rings. The van der Waals surface area contributed by atoms with Crippen molar-refractivity contribution in [1.29, 1.82) is 0 Å². The molecule has 4 N–H and O–H groups in total. The molecule has 2 aromatic carbocycles. The molecule has 4 rings (SSSR count). The third-order valence-corrected chi connectivity index (χ3v) is 9.34. The first-order valence-electron chi connectivity index (χ1n) is 16.9. The van der Waals surface area contributed by atoms with Crippen molar-refractivity contribution in [3.05, 3.63) is 76.3 Å². The van der Waals surface area contributed by atoms with Crippen LogP contribution in [0.5, 0.6) is 5.75 Å². The van der Waals surface area contributed by atoms with E-state index in [0.717, 1.165) is 11.1 Å². The maximum atomic E-state index is 13.8. The Kier molecular flexibility index (Phi) is 12.7. The SMILES string of the molecule is COc1ccc(C[C@H]2NC(=O)/C=C\C[C@@H]([C@H](C)[C@H]3O[C@@H]3c3ccc(CO)cc3)OC(=O)[C@H](CC(C)(C)C)NC(=O)C(C)(C)CNC2=O)cc1Cl. The number of rotatable bonds is 8. The Morgan fingerprint density at radius 3 is 2.32 bits per heavy atom. The number of hydrogen-bond donors (Lipinski definition) is 4. The van der Waals surface area contributed by atoms with E-state index in [1.54, 1.807) is 38.1 Å². The summed E-state index contributed by atoms with van der Waals surface area (Å²) in [4.78, 5) is 54.2. The van der Waals surface area contributed by atoms with Gasteiger partial charge in [0.15, 0.2) is 0 Å². The quantitative estimate of drug-likeness (QED) is 0.229. The number of aliphatic hydroxyl groups excluding tert-OH is 1. The molecule has 0 bridgehead atoms. The molecule has 11 nitrogen and oxygen atoms in total. The average molecular weight is 712 g/mol. The Labute approximate surface area is 299 Å². The van der Waals surface area contributed by atoms with Crippen molar-refractivity contribution < 1.29 is 38.5 Å². The van der Waals surface area contributed by atoms with Crippen molar-refractivity contribution >= 4 is 35.3 Å². The molecule has 50 heavy (non-hydrogen) atoms. The van der Waals surface area contributed by atoms with Gasteiger partial charge in [-0.25, -0.2) is 4.79 Å². The van der Waals surface area contributed by atoms with Gasteiger partial charge in [-0.2, -0.15) is 0 Å². The molecule has 0 radical (unpaired) electrons. The Bertz CT molecular complexity index is 1570. The minimum absolute atomic E-state index is 0.0557. The van der Waals surface area contributed by atoms with Gasteiger partial charge in [-0.3, -0.25) is 14.4 Å². The van der Waals surface area contributed by atoms with Gasteiger partial charge in [0.1, 0.15) is 30.0 Å². The number of benzene rings is 2. The summed E-state index contributed by atoms with van der Waals surface area (Å²) in [6.07, 6.45) is 2.39. The molecular formula is C38H50ClN3O8. The predicted octanol–water partition coefficient (Wildman–Crippen LogP) is 4.58. The highest BCUT2D eigenvalue weighted by Gasteiger charge is 2.48. The summed E-state index contributed by atoms with van der Waals surface area (Å²) < 4.78 is 17.4. The monoisotopic (exact) mass is 711 g/mol. The molecule has 0 spiro atoms. The van der Waals surface area contributed by atoms with E-state index >= 15 is 0 Å². The number of cyclic esters (lactones) is 1. The first-order chi connectivity index (χ1) is 23.5. The van der Waals surface area contributed by atoms with Crippen LogP contribution < -0.4 is 20.7 Å². The van der Waals surface area contributed by atoms with E-state index in [4.69, 9.17) is 25.8 Å². The van der Waals surface area contributed by atoms with Gasteiger partial charge < -0.3 is 35.3 Å². The molecule has 1 saturated heterocycles. The van der Waals surface area contributed by atoms with E-state index < -0.39 is 47.3 Å². The number of hydrogen-bond acceptors (Lipinski definition) is 8. The Hall–Kier alpha value is -3.93. The maximum Gasteiger partial charge on any atom is 0.328 e. The fraction of sp³-hybridized carbons (Fsp3) is 0.526. The molecule has 1 fully saturated rings. The van der Waals surface area contributed by atoms with Crippen molar-refractivity contribution in [2.24, 2.45) is 16.7 Å².